The highest BCUT2D eigenvalue weighted by molar-refractivity contribution is 6.44. The van der Waals surface area contributed by atoms with E-state index in [1.54, 1.807) is 13.0 Å². The van der Waals surface area contributed by atoms with Crippen LogP contribution < -0.4 is 15.8 Å². The summed E-state index contributed by atoms with van der Waals surface area (Å²) in [4.78, 5) is 20.3. The van der Waals surface area contributed by atoms with Gasteiger partial charge in [-0.25, -0.2) is 4.98 Å². The number of hydrogen-bond acceptors (Lipinski definition) is 5. The summed E-state index contributed by atoms with van der Waals surface area (Å²) in [6, 6.07) is 4.49. The summed E-state index contributed by atoms with van der Waals surface area (Å²) < 4.78 is 5.02. The summed E-state index contributed by atoms with van der Waals surface area (Å²) in [6.07, 6.45) is 0. The number of amides is 1. The summed E-state index contributed by atoms with van der Waals surface area (Å²) >= 11 is 11.7. The maximum Gasteiger partial charge on any atom is 0.258 e. The number of aryl methyl sites for hydroxylation is 1. The van der Waals surface area contributed by atoms with Gasteiger partial charge in [-0.2, -0.15) is 4.98 Å². The van der Waals surface area contributed by atoms with Gasteiger partial charge in [0.05, 0.1) is 22.8 Å². The van der Waals surface area contributed by atoms with Crippen molar-refractivity contribution in [1.82, 2.24) is 9.97 Å². The molecule has 1 aromatic carbocycles. The van der Waals surface area contributed by atoms with Crippen LogP contribution in [0.5, 0.6) is 5.88 Å². The Morgan fingerprint density at radius 1 is 1.29 bits per heavy atom. The number of rotatable bonds is 3. The second kappa shape index (κ2) is 6.15. The monoisotopic (exact) mass is 326 g/mol. The normalized spacial score (nSPS) is 10.3. The number of anilines is 2. The van der Waals surface area contributed by atoms with Gasteiger partial charge in [0, 0.05) is 17.3 Å². The first-order chi connectivity index (χ1) is 9.90. The van der Waals surface area contributed by atoms with E-state index in [0.717, 1.165) is 0 Å². The summed E-state index contributed by atoms with van der Waals surface area (Å²) in [5.74, 6) is 0.0286. The molecule has 0 spiro atoms. The molecule has 0 saturated carbocycles. The molecule has 0 saturated heterocycles. The highest BCUT2D eigenvalue weighted by Crippen LogP contribution is 2.29. The Morgan fingerprint density at radius 3 is 2.62 bits per heavy atom. The van der Waals surface area contributed by atoms with Crippen molar-refractivity contribution in [2.45, 2.75) is 6.92 Å². The van der Waals surface area contributed by atoms with E-state index in [0.29, 0.717) is 11.6 Å². The average molecular weight is 327 g/mol. The smallest absolute Gasteiger partial charge is 0.258 e. The molecule has 0 bridgehead atoms. The van der Waals surface area contributed by atoms with Gasteiger partial charge < -0.3 is 10.5 Å². The minimum atomic E-state index is -0.451. The number of hydrogen-bond donors (Lipinski definition) is 2. The molecular formula is C13H12Cl2N4O2. The molecule has 3 N–H and O–H groups in total. The summed E-state index contributed by atoms with van der Waals surface area (Å²) in [7, 11) is 1.48. The lowest BCUT2D eigenvalue weighted by molar-refractivity contribution is 0.102. The van der Waals surface area contributed by atoms with Crippen molar-refractivity contribution in [3.8, 4) is 5.88 Å². The molecule has 0 radical (unpaired) electrons. The van der Waals surface area contributed by atoms with Gasteiger partial charge in [-0.3, -0.25) is 10.1 Å². The van der Waals surface area contributed by atoms with E-state index >= 15 is 0 Å². The van der Waals surface area contributed by atoms with E-state index in [2.05, 4.69) is 15.3 Å². The fourth-order valence-corrected chi connectivity index (χ4v) is 1.95. The maximum absolute atomic E-state index is 12.2. The highest BCUT2D eigenvalue weighted by atomic mass is 35.5. The molecule has 2 aromatic rings. The third-order valence-electron chi connectivity index (χ3n) is 2.58. The van der Waals surface area contributed by atoms with E-state index < -0.39 is 5.91 Å². The van der Waals surface area contributed by atoms with Crippen molar-refractivity contribution in [3.05, 3.63) is 39.5 Å². The molecule has 6 nitrogen and oxygen atoms in total. The minimum Gasteiger partial charge on any atom is -0.481 e. The van der Waals surface area contributed by atoms with Gasteiger partial charge in [0.15, 0.2) is 0 Å². The van der Waals surface area contributed by atoms with Crippen LogP contribution in [0.2, 0.25) is 10.0 Å². The fraction of sp³-hybridized carbons (Fsp3) is 0.154. The Hall–Kier alpha value is -2.05. The second-order valence-corrected chi connectivity index (χ2v) is 4.98. The van der Waals surface area contributed by atoms with Crippen molar-refractivity contribution in [3.63, 3.8) is 0 Å². The van der Waals surface area contributed by atoms with Crippen LogP contribution in [-0.4, -0.2) is 23.0 Å². The lowest BCUT2D eigenvalue weighted by atomic mass is 10.2. The Balaban J connectivity index is 2.28. The number of nitrogen functional groups attached to an aromatic ring is 1. The average Bonchev–Trinajstić information content (AvgIpc) is 2.43. The fourth-order valence-electron chi connectivity index (χ4n) is 1.62. The number of nitrogens with zero attached hydrogens (tertiary/aromatic N) is 2. The quantitative estimate of drug-likeness (QED) is 0.846. The van der Waals surface area contributed by atoms with E-state index in [9.17, 15) is 4.79 Å². The number of ether oxygens (including phenoxy) is 1. The Morgan fingerprint density at radius 2 is 2.00 bits per heavy atom. The molecule has 0 fully saturated rings. The van der Waals surface area contributed by atoms with Crippen LogP contribution >= 0.6 is 23.2 Å². The number of nitrogens with two attached hydrogens (primary N) is 1. The van der Waals surface area contributed by atoms with Crippen LogP contribution in [0.1, 0.15) is 16.1 Å². The van der Waals surface area contributed by atoms with Crippen LogP contribution in [0.4, 0.5) is 11.6 Å². The molecule has 0 aliphatic rings. The molecule has 2 rings (SSSR count). The molecule has 1 amide bonds. The molecule has 0 unspecified atom stereocenters. The molecule has 0 aliphatic heterocycles. The third-order valence-corrected chi connectivity index (χ3v) is 3.40. The number of carbonyl (C=O) groups is 1. The summed E-state index contributed by atoms with van der Waals surface area (Å²) in [5.41, 5.74) is 6.81. The van der Waals surface area contributed by atoms with Gasteiger partial charge in [0.2, 0.25) is 11.8 Å². The third kappa shape index (κ3) is 3.53. The first-order valence-corrected chi connectivity index (χ1v) is 6.62. The van der Waals surface area contributed by atoms with Gasteiger partial charge in [0.25, 0.3) is 5.91 Å². The molecule has 0 aliphatic carbocycles. The Bertz CT molecular complexity index is 684. The van der Waals surface area contributed by atoms with Gasteiger partial charge >= 0.3 is 0 Å². The molecule has 1 heterocycles. The van der Waals surface area contributed by atoms with E-state index in [1.807, 2.05) is 0 Å². The standard InChI is InChI=1S/C13H12Cl2N4O2/c1-6-3-10(21-2)18-13(17-6)19-12(20)7-4-8(14)11(15)9(16)5-7/h3-5H,16H2,1-2H3,(H,17,18,19,20). The van der Waals surface area contributed by atoms with Gasteiger partial charge in [-0.05, 0) is 19.1 Å². The second-order valence-electron chi connectivity index (χ2n) is 4.19. The Kier molecular flexibility index (Phi) is 4.50. The molecular weight excluding hydrogens is 315 g/mol. The van der Waals surface area contributed by atoms with Crippen molar-refractivity contribution in [2.24, 2.45) is 0 Å². The van der Waals surface area contributed by atoms with Crippen molar-refractivity contribution in [1.29, 1.82) is 0 Å². The number of methoxy groups -OCH3 is 1. The predicted octanol–water partition coefficient (Wildman–Crippen LogP) is 2.93. The van der Waals surface area contributed by atoms with Gasteiger partial charge in [0.1, 0.15) is 0 Å². The molecule has 1 aromatic heterocycles. The zero-order valence-corrected chi connectivity index (χ0v) is 12.8. The maximum atomic E-state index is 12.2. The molecule has 110 valence electrons. The lowest BCUT2D eigenvalue weighted by Gasteiger charge is -2.08. The largest absolute Gasteiger partial charge is 0.481 e. The molecule has 21 heavy (non-hydrogen) atoms. The van der Waals surface area contributed by atoms with E-state index in [-0.39, 0.29) is 27.2 Å². The SMILES string of the molecule is COc1cc(C)nc(NC(=O)c2cc(N)c(Cl)c(Cl)c2)n1. The van der Waals surface area contributed by atoms with E-state index in [1.165, 1.54) is 19.2 Å². The predicted molar refractivity (Wildman–Crippen MR) is 82.1 cm³/mol. The number of benzene rings is 1. The number of nitrogens with one attached hydrogen (secondary N) is 1. The topological polar surface area (TPSA) is 90.1 Å². The molecule has 8 heteroatoms. The zero-order chi connectivity index (χ0) is 15.6. The van der Waals surface area contributed by atoms with Crippen LogP contribution in [0.3, 0.4) is 0 Å². The Labute approximate surface area is 131 Å². The van der Waals surface area contributed by atoms with Crippen molar-refractivity contribution >= 4 is 40.7 Å². The van der Waals surface area contributed by atoms with E-state index in [4.69, 9.17) is 33.7 Å². The minimum absolute atomic E-state index is 0.126. The number of carbonyl (C=O) groups excluding carboxylic acids is 1. The number of halogens is 2. The summed E-state index contributed by atoms with van der Waals surface area (Å²) in [6.45, 7) is 1.76. The first-order valence-electron chi connectivity index (χ1n) is 5.86. The van der Waals surface area contributed by atoms with Crippen LogP contribution in [0, 0.1) is 6.92 Å². The van der Waals surface area contributed by atoms with Gasteiger partial charge in [-0.1, -0.05) is 23.2 Å². The summed E-state index contributed by atoms with van der Waals surface area (Å²) in [5, 5.41) is 2.96. The van der Waals surface area contributed by atoms with Crippen LogP contribution in [-0.2, 0) is 0 Å². The van der Waals surface area contributed by atoms with Crippen LogP contribution in [0.25, 0.3) is 0 Å². The first kappa shape index (κ1) is 15.3. The van der Waals surface area contributed by atoms with Crippen LogP contribution in [0.15, 0.2) is 18.2 Å². The number of aromatic nitrogens is 2. The zero-order valence-electron chi connectivity index (χ0n) is 11.3. The van der Waals surface area contributed by atoms with Gasteiger partial charge in [-0.15, -0.1) is 0 Å². The highest BCUT2D eigenvalue weighted by Gasteiger charge is 2.13. The molecule has 0 atom stereocenters. The van der Waals surface area contributed by atoms with Crippen molar-refractivity contribution in [2.75, 3.05) is 18.2 Å². The van der Waals surface area contributed by atoms with Crippen molar-refractivity contribution < 1.29 is 9.53 Å². The lowest BCUT2D eigenvalue weighted by Crippen LogP contribution is -2.15.